The number of rotatable bonds is 6. The molecule has 2 nitrogen and oxygen atoms in total. The van der Waals surface area contributed by atoms with Crippen molar-refractivity contribution >= 4 is 60.5 Å². The zero-order chi connectivity index (χ0) is 34.4. The van der Waals surface area contributed by atoms with Gasteiger partial charge in [0.1, 0.15) is 11.2 Å². The van der Waals surface area contributed by atoms with Gasteiger partial charge in [-0.3, -0.25) is 0 Å². The van der Waals surface area contributed by atoms with Crippen molar-refractivity contribution in [2.75, 3.05) is 4.90 Å². The van der Waals surface area contributed by atoms with Gasteiger partial charge in [0.05, 0.1) is 5.69 Å². The molecule has 10 rings (SSSR count). The maximum Gasteiger partial charge on any atom is 0.143 e. The number of para-hydroxylation sites is 2. The highest BCUT2D eigenvalue weighted by atomic mass is 16.3. The fourth-order valence-corrected chi connectivity index (χ4v) is 7.70. The molecule has 0 aliphatic carbocycles. The summed E-state index contributed by atoms with van der Waals surface area (Å²) in [5.74, 6) is 0. The number of benzene rings is 9. The lowest BCUT2D eigenvalue weighted by Gasteiger charge is -2.28. The van der Waals surface area contributed by atoms with Gasteiger partial charge in [0.25, 0.3) is 0 Å². The Bertz CT molecular complexity index is 2890. The van der Waals surface area contributed by atoms with Crippen LogP contribution in [0.5, 0.6) is 0 Å². The van der Waals surface area contributed by atoms with Gasteiger partial charge in [-0.2, -0.15) is 0 Å². The molecule has 0 spiro atoms. The van der Waals surface area contributed by atoms with Crippen LogP contribution in [-0.4, -0.2) is 0 Å². The van der Waals surface area contributed by atoms with Crippen molar-refractivity contribution in [1.82, 2.24) is 0 Å². The summed E-state index contributed by atoms with van der Waals surface area (Å²) in [6.07, 6.45) is 0. The van der Waals surface area contributed by atoms with Crippen molar-refractivity contribution < 1.29 is 4.42 Å². The first-order valence-corrected chi connectivity index (χ1v) is 17.8. The van der Waals surface area contributed by atoms with Gasteiger partial charge >= 0.3 is 0 Å². The summed E-state index contributed by atoms with van der Waals surface area (Å²) < 4.78 is 6.48. The van der Waals surface area contributed by atoms with Gasteiger partial charge < -0.3 is 9.32 Å². The van der Waals surface area contributed by atoms with Crippen molar-refractivity contribution in [3.05, 3.63) is 200 Å². The normalized spacial score (nSPS) is 11.5. The van der Waals surface area contributed by atoms with Gasteiger partial charge in [-0.15, -0.1) is 0 Å². The molecule has 1 heterocycles. The van der Waals surface area contributed by atoms with E-state index in [0.717, 1.165) is 55.3 Å². The lowest BCUT2D eigenvalue weighted by atomic mass is 9.93. The first-order valence-electron chi connectivity index (χ1n) is 17.8. The molecule has 244 valence electrons. The second-order valence-corrected chi connectivity index (χ2v) is 13.3. The summed E-state index contributed by atoms with van der Waals surface area (Å²) in [7, 11) is 0. The summed E-state index contributed by atoms with van der Waals surface area (Å²) in [5.41, 5.74) is 12.2. The van der Waals surface area contributed by atoms with Crippen LogP contribution in [0.4, 0.5) is 17.1 Å². The van der Waals surface area contributed by atoms with Crippen molar-refractivity contribution in [2.24, 2.45) is 0 Å². The van der Waals surface area contributed by atoms with E-state index in [1.807, 2.05) is 6.07 Å². The van der Waals surface area contributed by atoms with Crippen LogP contribution in [0, 0.1) is 0 Å². The standard InChI is InChI=1S/C50H33NO/c1-2-12-34(13-3-1)36-24-28-40(29-25-36)51(41-30-26-37(27-31-41)39-23-22-35-14-4-5-15-38(35)32-39)48-20-10-8-17-43(48)46-33-47-44-18-9-11-21-49(44)52-50(47)45-19-7-6-16-42(45)46/h1-33H. The van der Waals surface area contributed by atoms with Gasteiger partial charge in [0.2, 0.25) is 0 Å². The Morgan fingerprint density at radius 3 is 1.65 bits per heavy atom. The third kappa shape index (κ3) is 5.12. The Hall–Kier alpha value is -6.90. The lowest BCUT2D eigenvalue weighted by molar-refractivity contribution is 0.672. The SMILES string of the molecule is c1ccc(-c2ccc(N(c3ccc(-c4ccc5ccccc5c4)cc3)c3ccccc3-c3cc4c5ccccc5oc4c4ccccc34)cc2)cc1. The molecule has 2 heteroatoms. The van der Waals surface area contributed by atoms with Crippen LogP contribution in [0.15, 0.2) is 205 Å². The van der Waals surface area contributed by atoms with Gasteiger partial charge in [-0.05, 0) is 92.5 Å². The molecule has 0 fully saturated rings. The van der Waals surface area contributed by atoms with Crippen molar-refractivity contribution in [3.63, 3.8) is 0 Å². The molecule has 0 aliphatic heterocycles. The van der Waals surface area contributed by atoms with E-state index in [9.17, 15) is 0 Å². The molecule has 0 aliphatic rings. The van der Waals surface area contributed by atoms with Crippen LogP contribution in [0.1, 0.15) is 0 Å². The van der Waals surface area contributed by atoms with Crippen LogP contribution >= 0.6 is 0 Å². The topological polar surface area (TPSA) is 16.4 Å². The predicted octanol–water partition coefficient (Wildman–Crippen LogP) is 14.4. The van der Waals surface area contributed by atoms with E-state index in [0.29, 0.717) is 0 Å². The largest absolute Gasteiger partial charge is 0.455 e. The average molecular weight is 664 g/mol. The van der Waals surface area contributed by atoms with Crippen molar-refractivity contribution in [1.29, 1.82) is 0 Å². The third-order valence-electron chi connectivity index (χ3n) is 10.3. The summed E-state index contributed by atoms with van der Waals surface area (Å²) >= 11 is 0. The fraction of sp³-hybridized carbons (Fsp3) is 0. The molecule has 0 amide bonds. The van der Waals surface area contributed by atoms with Gasteiger partial charge in [0, 0.05) is 33.1 Å². The Balaban J connectivity index is 1.16. The molecule has 0 N–H and O–H groups in total. The highest BCUT2D eigenvalue weighted by molar-refractivity contribution is 6.19. The highest BCUT2D eigenvalue weighted by Gasteiger charge is 2.21. The van der Waals surface area contributed by atoms with Gasteiger partial charge in [-0.1, -0.05) is 152 Å². The monoisotopic (exact) mass is 663 g/mol. The van der Waals surface area contributed by atoms with Crippen LogP contribution in [0.2, 0.25) is 0 Å². The number of hydrogen-bond acceptors (Lipinski definition) is 2. The average Bonchev–Trinajstić information content (AvgIpc) is 3.60. The minimum Gasteiger partial charge on any atom is -0.455 e. The van der Waals surface area contributed by atoms with E-state index < -0.39 is 0 Å². The molecule has 0 bridgehead atoms. The summed E-state index contributed by atoms with van der Waals surface area (Å²) in [6, 6.07) is 71.7. The zero-order valence-electron chi connectivity index (χ0n) is 28.4. The first-order chi connectivity index (χ1) is 25.8. The molecule has 0 unspecified atom stereocenters. The third-order valence-corrected chi connectivity index (χ3v) is 10.3. The zero-order valence-corrected chi connectivity index (χ0v) is 28.4. The van der Waals surface area contributed by atoms with Crippen LogP contribution < -0.4 is 4.90 Å². The molecule has 0 atom stereocenters. The Labute approximate surface area is 302 Å². The Morgan fingerprint density at radius 2 is 0.885 bits per heavy atom. The number of fused-ring (bicyclic) bond motifs is 6. The fourth-order valence-electron chi connectivity index (χ4n) is 7.70. The predicted molar refractivity (Wildman–Crippen MR) is 220 cm³/mol. The molecule has 10 aromatic rings. The van der Waals surface area contributed by atoms with E-state index >= 15 is 0 Å². The van der Waals surface area contributed by atoms with E-state index in [1.165, 1.54) is 38.6 Å². The quantitative estimate of drug-likeness (QED) is 0.176. The molecular formula is C50H33NO. The summed E-state index contributed by atoms with van der Waals surface area (Å²) in [5, 5.41) is 7.01. The number of furan rings is 1. The molecule has 0 saturated heterocycles. The molecule has 0 saturated carbocycles. The van der Waals surface area contributed by atoms with Gasteiger partial charge in [-0.25, -0.2) is 0 Å². The smallest absolute Gasteiger partial charge is 0.143 e. The minimum atomic E-state index is 0.903. The highest BCUT2D eigenvalue weighted by Crippen LogP contribution is 2.46. The van der Waals surface area contributed by atoms with E-state index in [2.05, 4.69) is 199 Å². The van der Waals surface area contributed by atoms with Crippen molar-refractivity contribution in [2.45, 2.75) is 0 Å². The van der Waals surface area contributed by atoms with Crippen LogP contribution in [0.25, 0.3) is 76.9 Å². The minimum absolute atomic E-state index is 0.903. The number of anilines is 3. The van der Waals surface area contributed by atoms with E-state index in [4.69, 9.17) is 4.42 Å². The van der Waals surface area contributed by atoms with Crippen molar-refractivity contribution in [3.8, 4) is 33.4 Å². The van der Waals surface area contributed by atoms with E-state index in [-0.39, 0.29) is 0 Å². The molecule has 1 aromatic heterocycles. The molecule has 52 heavy (non-hydrogen) atoms. The first kappa shape index (κ1) is 30.0. The second kappa shape index (κ2) is 12.5. The summed E-state index contributed by atoms with van der Waals surface area (Å²) in [4.78, 5) is 2.39. The second-order valence-electron chi connectivity index (χ2n) is 13.3. The molecule has 9 aromatic carbocycles. The maximum absolute atomic E-state index is 6.48. The molecular weight excluding hydrogens is 631 g/mol. The van der Waals surface area contributed by atoms with Crippen LogP contribution in [-0.2, 0) is 0 Å². The lowest BCUT2D eigenvalue weighted by Crippen LogP contribution is -2.11. The van der Waals surface area contributed by atoms with Crippen LogP contribution in [0.3, 0.4) is 0 Å². The number of nitrogens with zero attached hydrogens (tertiary/aromatic N) is 1. The Kier molecular flexibility index (Phi) is 7.18. The Morgan fingerprint density at radius 1 is 0.327 bits per heavy atom. The number of hydrogen-bond donors (Lipinski definition) is 0. The molecule has 0 radical (unpaired) electrons. The van der Waals surface area contributed by atoms with E-state index in [1.54, 1.807) is 0 Å². The maximum atomic E-state index is 6.48. The summed E-state index contributed by atoms with van der Waals surface area (Å²) in [6.45, 7) is 0. The van der Waals surface area contributed by atoms with Gasteiger partial charge in [0.15, 0.2) is 0 Å².